The van der Waals surface area contributed by atoms with Crippen LogP contribution in [0, 0.1) is 11.8 Å². The molecule has 0 aromatic heterocycles. The van der Waals surface area contributed by atoms with Crippen LogP contribution in [0.5, 0.6) is 0 Å². The Hall–Kier alpha value is -2.33. The molecule has 1 amide bonds. The summed E-state index contributed by atoms with van der Waals surface area (Å²) in [5, 5.41) is 12.2. The summed E-state index contributed by atoms with van der Waals surface area (Å²) in [7, 11) is 0. The van der Waals surface area contributed by atoms with Gasteiger partial charge >= 0.3 is 6.09 Å². The first-order valence-electron chi connectivity index (χ1n) is 9.29. The van der Waals surface area contributed by atoms with Crippen LogP contribution in [0.1, 0.15) is 37.3 Å². The van der Waals surface area contributed by atoms with E-state index in [1.165, 1.54) is 22.3 Å². The Morgan fingerprint density at radius 2 is 1.65 bits per heavy atom. The number of benzene rings is 2. The number of ether oxygens (including phenoxy) is 1. The number of rotatable bonds is 7. The summed E-state index contributed by atoms with van der Waals surface area (Å²) in [5.74, 6) is 0.615. The third-order valence-electron chi connectivity index (χ3n) is 4.94. The molecular weight excluding hydrogens is 326 g/mol. The van der Waals surface area contributed by atoms with Gasteiger partial charge in [-0.05, 0) is 40.5 Å². The van der Waals surface area contributed by atoms with Crippen molar-refractivity contribution in [3.05, 3.63) is 59.7 Å². The molecule has 2 aromatic rings. The van der Waals surface area contributed by atoms with Gasteiger partial charge < -0.3 is 15.2 Å². The predicted octanol–water partition coefficient (Wildman–Crippen LogP) is 4.18. The van der Waals surface area contributed by atoms with Crippen LogP contribution in [0.4, 0.5) is 4.79 Å². The monoisotopic (exact) mass is 353 g/mol. The van der Waals surface area contributed by atoms with Gasteiger partial charge in [0.15, 0.2) is 0 Å². The Bertz CT molecular complexity index is 711. The summed E-state index contributed by atoms with van der Waals surface area (Å²) in [5.41, 5.74) is 4.84. The minimum absolute atomic E-state index is 0.0653. The van der Waals surface area contributed by atoms with Crippen molar-refractivity contribution in [3.63, 3.8) is 0 Å². The van der Waals surface area contributed by atoms with Crippen molar-refractivity contribution in [2.75, 3.05) is 19.8 Å². The minimum atomic E-state index is -0.422. The topological polar surface area (TPSA) is 58.6 Å². The van der Waals surface area contributed by atoms with Gasteiger partial charge in [-0.1, -0.05) is 62.4 Å². The van der Waals surface area contributed by atoms with E-state index in [0.29, 0.717) is 19.1 Å². The molecule has 1 aliphatic carbocycles. The van der Waals surface area contributed by atoms with E-state index in [0.717, 1.165) is 6.42 Å². The molecule has 0 spiro atoms. The van der Waals surface area contributed by atoms with Crippen molar-refractivity contribution in [1.82, 2.24) is 5.32 Å². The third-order valence-corrected chi connectivity index (χ3v) is 4.94. The Morgan fingerprint density at radius 3 is 2.19 bits per heavy atom. The number of carbonyl (C=O) groups is 1. The molecule has 138 valence electrons. The largest absolute Gasteiger partial charge is 0.449 e. The van der Waals surface area contributed by atoms with Crippen molar-refractivity contribution in [3.8, 4) is 11.1 Å². The van der Waals surface area contributed by atoms with Crippen LogP contribution in [0.2, 0.25) is 0 Å². The molecule has 0 saturated carbocycles. The van der Waals surface area contributed by atoms with Gasteiger partial charge in [0, 0.05) is 19.1 Å². The summed E-state index contributed by atoms with van der Waals surface area (Å²) in [6.45, 7) is 5.03. The van der Waals surface area contributed by atoms with Gasteiger partial charge in [0.05, 0.1) is 0 Å². The second kappa shape index (κ2) is 8.37. The summed E-state index contributed by atoms with van der Waals surface area (Å²) in [4.78, 5) is 12.1. The zero-order valence-electron chi connectivity index (χ0n) is 15.4. The fourth-order valence-corrected chi connectivity index (χ4v) is 3.77. The quantitative estimate of drug-likeness (QED) is 0.785. The highest BCUT2D eigenvalue weighted by molar-refractivity contribution is 5.79. The minimum Gasteiger partial charge on any atom is -0.449 e. The Morgan fingerprint density at radius 1 is 1.08 bits per heavy atom. The zero-order valence-corrected chi connectivity index (χ0v) is 15.4. The number of hydrogen-bond acceptors (Lipinski definition) is 3. The molecule has 3 rings (SSSR count). The van der Waals surface area contributed by atoms with Gasteiger partial charge in [-0.15, -0.1) is 0 Å². The molecule has 1 aliphatic rings. The Kier molecular flexibility index (Phi) is 5.94. The molecule has 2 N–H and O–H groups in total. The van der Waals surface area contributed by atoms with Crippen molar-refractivity contribution in [2.24, 2.45) is 11.8 Å². The summed E-state index contributed by atoms with van der Waals surface area (Å²) < 4.78 is 5.51. The number of alkyl carbamates (subject to hydrolysis) is 1. The Labute approximate surface area is 155 Å². The average molecular weight is 353 g/mol. The highest BCUT2D eigenvalue weighted by Gasteiger charge is 2.29. The van der Waals surface area contributed by atoms with E-state index in [2.05, 4.69) is 43.4 Å². The van der Waals surface area contributed by atoms with Crippen LogP contribution in [-0.2, 0) is 4.74 Å². The molecule has 1 unspecified atom stereocenters. The van der Waals surface area contributed by atoms with E-state index >= 15 is 0 Å². The molecule has 0 radical (unpaired) electrons. The number of aliphatic hydroxyl groups is 1. The first-order chi connectivity index (χ1) is 12.6. The number of fused-ring (bicyclic) bond motifs is 3. The SMILES string of the molecule is CC(C)CC(CO)CNC(=O)OCC1c2ccccc2-c2ccccc21. The van der Waals surface area contributed by atoms with Gasteiger partial charge in [-0.3, -0.25) is 0 Å². The molecule has 26 heavy (non-hydrogen) atoms. The lowest BCUT2D eigenvalue weighted by Gasteiger charge is -2.18. The third kappa shape index (κ3) is 4.07. The summed E-state index contributed by atoms with van der Waals surface area (Å²) >= 11 is 0. The lowest BCUT2D eigenvalue weighted by atomic mass is 9.98. The standard InChI is InChI=1S/C22H27NO3/c1-15(2)11-16(13-24)12-23-22(25)26-14-21-19-9-5-3-7-17(19)18-8-4-6-10-20(18)21/h3-10,15-16,21,24H,11-14H2,1-2H3,(H,23,25). The van der Waals surface area contributed by atoms with Crippen LogP contribution in [0.25, 0.3) is 11.1 Å². The van der Waals surface area contributed by atoms with E-state index < -0.39 is 6.09 Å². The Balaban J connectivity index is 1.60. The number of hydrogen-bond donors (Lipinski definition) is 2. The summed E-state index contributed by atoms with van der Waals surface area (Å²) in [6, 6.07) is 16.6. The fraction of sp³-hybridized carbons (Fsp3) is 0.409. The molecule has 4 heteroatoms. The maximum Gasteiger partial charge on any atom is 0.407 e. The number of nitrogens with one attached hydrogen (secondary N) is 1. The van der Waals surface area contributed by atoms with E-state index in [9.17, 15) is 9.90 Å². The number of carbonyl (C=O) groups excluding carboxylic acids is 1. The van der Waals surface area contributed by atoms with Crippen LogP contribution in [0.3, 0.4) is 0 Å². The van der Waals surface area contributed by atoms with Crippen molar-refractivity contribution >= 4 is 6.09 Å². The van der Waals surface area contributed by atoms with E-state index in [-0.39, 0.29) is 18.4 Å². The van der Waals surface area contributed by atoms with Gasteiger partial charge in [0.25, 0.3) is 0 Å². The maximum absolute atomic E-state index is 12.1. The van der Waals surface area contributed by atoms with Gasteiger partial charge in [-0.25, -0.2) is 4.79 Å². The van der Waals surface area contributed by atoms with Crippen molar-refractivity contribution in [2.45, 2.75) is 26.2 Å². The second-order valence-electron chi connectivity index (χ2n) is 7.38. The van der Waals surface area contributed by atoms with Gasteiger partial charge in [-0.2, -0.15) is 0 Å². The molecule has 4 nitrogen and oxygen atoms in total. The van der Waals surface area contributed by atoms with Gasteiger partial charge in [0.2, 0.25) is 0 Å². The second-order valence-corrected chi connectivity index (χ2v) is 7.38. The smallest absolute Gasteiger partial charge is 0.407 e. The predicted molar refractivity (Wildman–Crippen MR) is 103 cm³/mol. The zero-order chi connectivity index (χ0) is 18.5. The molecule has 0 bridgehead atoms. The number of amides is 1. The molecule has 2 aromatic carbocycles. The highest BCUT2D eigenvalue weighted by Crippen LogP contribution is 2.44. The van der Waals surface area contributed by atoms with Crippen molar-refractivity contribution < 1.29 is 14.6 Å². The highest BCUT2D eigenvalue weighted by atomic mass is 16.5. The molecule has 0 saturated heterocycles. The normalized spacial score (nSPS) is 14.0. The lowest BCUT2D eigenvalue weighted by molar-refractivity contribution is 0.136. The molecule has 1 atom stereocenters. The first-order valence-corrected chi connectivity index (χ1v) is 9.29. The molecule has 0 heterocycles. The summed E-state index contributed by atoms with van der Waals surface area (Å²) in [6.07, 6.45) is 0.453. The molecule has 0 aliphatic heterocycles. The first kappa shape index (κ1) is 18.5. The van der Waals surface area contributed by atoms with Crippen LogP contribution in [-0.4, -0.2) is 31.0 Å². The van der Waals surface area contributed by atoms with E-state index in [4.69, 9.17) is 4.74 Å². The average Bonchev–Trinajstić information content (AvgIpc) is 2.97. The van der Waals surface area contributed by atoms with Crippen LogP contribution >= 0.6 is 0 Å². The molecule has 0 fully saturated rings. The number of aliphatic hydroxyl groups excluding tert-OH is 1. The maximum atomic E-state index is 12.1. The molecular formula is C22H27NO3. The lowest BCUT2D eigenvalue weighted by Crippen LogP contribution is -2.32. The fourth-order valence-electron chi connectivity index (χ4n) is 3.77. The van der Waals surface area contributed by atoms with Crippen molar-refractivity contribution in [1.29, 1.82) is 0 Å². The van der Waals surface area contributed by atoms with Crippen LogP contribution < -0.4 is 5.32 Å². The van der Waals surface area contributed by atoms with Gasteiger partial charge in [0.1, 0.15) is 6.61 Å². The van der Waals surface area contributed by atoms with E-state index in [1.807, 2.05) is 24.3 Å². The van der Waals surface area contributed by atoms with Crippen LogP contribution in [0.15, 0.2) is 48.5 Å². The van der Waals surface area contributed by atoms with E-state index in [1.54, 1.807) is 0 Å².